The van der Waals surface area contributed by atoms with E-state index in [2.05, 4.69) is 44.5 Å². The summed E-state index contributed by atoms with van der Waals surface area (Å²) >= 11 is 0. The molecule has 2 rings (SSSR count). The van der Waals surface area contributed by atoms with Gasteiger partial charge in [-0.15, -0.1) is 10.2 Å². The first-order valence-electron chi connectivity index (χ1n) is 7.55. The average Bonchev–Trinajstić information content (AvgIpc) is 2.96. The lowest BCUT2D eigenvalue weighted by Crippen LogP contribution is -2.41. The molecular weight excluding hydrogens is 252 g/mol. The number of nitrogens with zero attached hydrogens (tertiary/aromatic N) is 4. The second-order valence-electron chi connectivity index (χ2n) is 5.71. The van der Waals surface area contributed by atoms with Crippen LogP contribution in [0.15, 0.2) is 12.2 Å². The Bertz CT molecular complexity index is 380. The molecule has 0 aromatic carbocycles. The van der Waals surface area contributed by atoms with Crippen LogP contribution in [0.4, 0.5) is 0 Å². The van der Waals surface area contributed by atoms with E-state index in [9.17, 15) is 0 Å². The third-order valence-electron chi connectivity index (χ3n) is 3.95. The zero-order valence-corrected chi connectivity index (χ0v) is 12.4. The molecule has 1 aromatic rings. The topological polar surface area (TPSA) is 69.7 Å². The first-order valence-corrected chi connectivity index (χ1v) is 7.55. The number of piperidine rings is 1. The van der Waals surface area contributed by atoms with Crippen LogP contribution < -0.4 is 5.32 Å². The van der Waals surface area contributed by atoms with Crippen molar-refractivity contribution in [1.29, 1.82) is 0 Å². The number of aromatic amines is 1. The average molecular weight is 278 g/mol. The molecule has 1 aliphatic heterocycles. The number of H-pyrrole nitrogens is 1. The number of aromatic nitrogens is 4. The molecule has 0 atom stereocenters. The molecule has 2 heterocycles. The lowest BCUT2D eigenvalue weighted by Gasteiger charge is -2.29. The molecule has 0 saturated carbocycles. The molecule has 1 saturated heterocycles. The van der Waals surface area contributed by atoms with Crippen molar-refractivity contribution in [3.05, 3.63) is 18.0 Å². The summed E-state index contributed by atoms with van der Waals surface area (Å²) in [4.78, 5) is 2.40. The summed E-state index contributed by atoms with van der Waals surface area (Å²) in [6.45, 7) is 7.66. The van der Waals surface area contributed by atoms with Gasteiger partial charge in [-0.25, -0.2) is 0 Å². The number of hydrogen-bond acceptors (Lipinski definition) is 5. The molecular formula is C14H26N6. The molecule has 0 bridgehead atoms. The van der Waals surface area contributed by atoms with Crippen molar-refractivity contribution >= 4 is 0 Å². The first-order chi connectivity index (χ1) is 9.74. The third-order valence-corrected chi connectivity index (χ3v) is 3.95. The minimum absolute atomic E-state index is 0.707. The van der Waals surface area contributed by atoms with Gasteiger partial charge in [-0.2, -0.15) is 5.21 Å². The van der Waals surface area contributed by atoms with Gasteiger partial charge in [-0.05, 0) is 58.8 Å². The highest BCUT2D eigenvalue weighted by Crippen LogP contribution is 2.11. The van der Waals surface area contributed by atoms with Crippen LogP contribution in [0.25, 0.3) is 0 Å². The third kappa shape index (κ3) is 5.38. The minimum atomic E-state index is 0.707. The Labute approximate surface area is 121 Å². The maximum absolute atomic E-state index is 4.13. The van der Waals surface area contributed by atoms with E-state index >= 15 is 0 Å². The van der Waals surface area contributed by atoms with Crippen LogP contribution in [0.5, 0.6) is 0 Å². The quantitative estimate of drug-likeness (QED) is 0.551. The van der Waals surface area contributed by atoms with Crippen molar-refractivity contribution in [3.63, 3.8) is 0 Å². The van der Waals surface area contributed by atoms with E-state index in [-0.39, 0.29) is 0 Å². The van der Waals surface area contributed by atoms with Gasteiger partial charge in [0.05, 0.1) is 0 Å². The van der Waals surface area contributed by atoms with Crippen LogP contribution in [0, 0.1) is 0 Å². The number of aryl methyl sites for hydroxylation is 1. The standard InChI is InChI=1S/C14H26N6/c1-12(5-6-14-16-18-19-17-14)4-3-9-15-13-7-10-20(2)11-8-13/h13,15H,1,3-11H2,2H3,(H,16,17,18,19). The van der Waals surface area contributed by atoms with Gasteiger partial charge in [0.25, 0.3) is 0 Å². The van der Waals surface area contributed by atoms with Crippen LogP contribution in [0.2, 0.25) is 0 Å². The van der Waals surface area contributed by atoms with E-state index in [0.29, 0.717) is 6.04 Å². The Kier molecular flexibility index (Phi) is 6.14. The van der Waals surface area contributed by atoms with E-state index in [1.54, 1.807) is 0 Å². The Hall–Kier alpha value is -1.27. The van der Waals surface area contributed by atoms with Crippen LogP contribution >= 0.6 is 0 Å². The largest absolute Gasteiger partial charge is 0.314 e. The lowest BCUT2D eigenvalue weighted by molar-refractivity contribution is 0.235. The van der Waals surface area contributed by atoms with Crippen molar-refractivity contribution in [1.82, 2.24) is 30.8 Å². The summed E-state index contributed by atoms with van der Waals surface area (Å²) in [6, 6.07) is 0.707. The number of tetrazole rings is 1. The van der Waals surface area contributed by atoms with E-state index in [0.717, 1.165) is 38.1 Å². The summed E-state index contributed by atoms with van der Waals surface area (Å²) in [5, 5.41) is 17.6. The molecule has 20 heavy (non-hydrogen) atoms. The van der Waals surface area contributed by atoms with Gasteiger partial charge in [0.15, 0.2) is 5.82 Å². The fourth-order valence-corrected chi connectivity index (χ4v) is 2.56. The van der Waals surface area contributed by atoms with Gasteiger partial charge < -0.3 is 10.2 Å². The highest BCUT2D eigenvalue weighted by Gasteiger charge is 2.15. The summed E-state index contributed by atoms with van der Waals surface area (Å²) in [5.41, 5.74) is 1.28. The summed E-state index contributed by atoms with van der Waals surface area (Å²) < 4.78 is 0. The zero-order valence-electron chi connectivity index (χ0n) is 12.4. The second kappa shape index (κ2) is 8.11. The summed E-state index contributed by atoms with van der Waals surface area (Å²) in [7, 11) is 2.20. The number of allylic oxidation sites excluding steroid dienone is 1. The molecule has 1 aromatic heterocycles. The Morgan fingerprint density at radius 2 is 2.20 bits per heavy atom. The monoisotopic (exact) mass is 278 g/mol. The molecule has 0 radical (unpaired) electrons. The zero-order chi connectivity index (χ0) is 14.2. The number of likely N-dealkylation sites (tertiary alicyclic amines) is 1. The molecule has 112 valence electrons. The molecule has 0 amide bonds. The van der Waals surface area contributed by atoms with Gasteiger partial charge in [-0.1, -0.05) is 17.4 Å². The minimum Gasteiger partial charge on any atom is -0.314 e. The normalized spacial score (nSPS) is 17.4. The number of nitrogens with one attached hydrogen (secondary N) is 2. The molecule has 1 fully saturated rings. The molecule has 0 unspecified atom stereocenters. The molecule has 2 N–H and O–H groups in total. The van der Waals surface area contributed by atoms with Crippen LogP contribution in [-0.4, -0.2) is 58.2 Å². The highest BCUT2D eigenvalue weighted by molar-refractivity contribution is 4.97. The molecule has 0 spiro atoms. The van der Waals surface area contributed by atoms with Gasteiger partial charge >= 0.3 is 0 Å². The van der Waals surface area contributed by atoms with Gasteiger partial charge in [0, 0.05) is 12.5 Å². The molecule has 1 aliphatic rings. The lowest BCUT2D eigenvalue weighted by atomic mass is 10.0. The smallest absolute Gasteiger partial charge is 0.174 e. The van der Waals surface area contributed by atoms with Gasteiger partial charge in [0.1, 0.15) is 0 Å². The van der Waals surface area contributed by atoms with E-state index in [4.69, 9.17) is 0 Å². The Morgan fingerprint density at radius 1 is 1.40 bits per heavy atom. The molecule has 6 nitrogen and oxygen atoms in total. The maximum atomic E-state index is 4.13. The first kappa shape index (κ1) is 15.1. The maximum Gasteiger partial charge on any atom is 0.174 e. The summed E-state index contributed by atoms with van der Waals surface area (Å²) in [5.74, 6) is 0.774. The van der Waals surface area contributed by atoms with Crippen molar-refractivity contribution in [2.75, 3.05) is 26.7 Å². The Morgan fingerprint density at radius 3 is 2.90 bits per heavy atom. The highest BCUT2D eigenvalue weighted by atomic mass is 15.5. The van der Waals surface area contributed by atoms with Crippen LogP contribution in [-0.2, 0) is 6.42 Å². The van der Waals surface area contributed by atoms with Gasteiger partial charge in [-0.3, -0.25) is 0 Å². The van der Waals surface area contributed by atoms with E-state index in [1.165, 1.54) is 31.5 Å². The fourth-order valence-electron chi connectivity index (χ4n) is 2.56. The second-order valence-corrected chi connectivity index (χ2v) is 5.71. The molecule has 0 aliphatic carbocycles. The van der Waals surface area contributed by atoms with Crippen molar-refractivity contribution in [2.45, 2.75) is 44.6 Å². The summed E-state index contributed by atoms with van der Waals surface area (Å²) in [6.07, 6.45) is 6.57. The van der Waals surface area contributed by atoms with E-state index in [1.807, 2.05) is 0 Å². The predicted molar refractivity (Wildman–Crippen MR) is 79.4 cm³/mol. The van der Waals surface area contributed by atoms with Crippen molar-refractivity contribution in [3.8, 4) is 0 Å². The molecule has 6 heteroatoms. The SMILES string of the molecule is C=C(CCCNC1CCN(C)CC1)CCc1nn[nH]n1. The van der Waals surface area contributed by atoms with Crippen LogP contribution in [0.1, 0.15) is 37.9 Å². The van der Waals surface area contributed by atoms with Crippen LogP contribution in [0.3, 0.4) is 0 Å². The van der Waals surface area contributed by atoms with Gasteiger partial charge in [0.2, 0.25) is 0 Å². The number of rotatable bonds is 8. The predicted octanol–water partition coefficient (Wildman–Crippen LogP) is 1.15. The van der Waals surface area contributed by atoms with E-state index < -0.39 is 0 Å². The fraction of sp³-hybridized carbons (Fsp3) is 0.786. The van der Waals surface area contributed by atoms with Crippen molar-refractivity contribution < 1.29 is 0 Å². The Balaban J connectivity index is 1.49. The van der Waals surface area contributed by atoms with Crippen molar-refractivity contribution in [2.24, 2.45) is 0 Å². The number of hydrogen-bond donors (Lipinski definition) is 2.